The second-order valence-electron chi connectivity index (χ2n) is 9.24. The largest absolute Gasteiger partial charge is 0.444 e. The minimum Gasteiger partial charge on any atom is -0.444 e. The zero-order chi connectivity index (χ0) is 21.5. The topological polar surface area (TPSA) is 53.6 Å². The van der Waals surface area contributed by atoms with Crippen molar-refractivity contribution in [2.45, 2.75) is 57.8 Å². The number of alkyl carbamates (subject to hydrolysis) is 1. The standard InChI is InChI=1S/C25H35N3O2/c1-24(2,3)30-23(29)26-20-25(27-18-21-10-6-4-7-11-21)14-16-28(17-15-25)19-22-12-8-5-9-13-22/h4-13,27H,14-20H2,1-3H3,(H,26,29). The van der Waals surface area contributed by atoms with Gasteiger partial charge in [-0.25, -0.2) is 4.79 Å². The first-order valence-electron chi connectivity index (χ1n) is 10.9. The molecule has 1 saturated heterocycles. The van der Waals surface area contributed by atoms with Crippen LogP contribution in [0.3, 0.4) is 0 Å². The SMILES string of the molecule is CC(C)(C)OC(=O)NCC1(NCc2ccccc2)CCN(Cc2ccccc2)CC1. The second kappa shape index (κ2) is 10.1. The number of amides is 1. The van der Waals surface area contributed by atoms with Crippen LogP contribution in [0.2, 0.25) is 0 Å². The number of benzene rings is 2. The minimum absolute atomic E-state index is 0.139. The summed E-state index contributed by atoms with van der Waals surface area (Å²) in [5.41, 5.74) is 1.96. The van der Waals surface area contributed by atoms with E-state index >= 15 is 0 Å². The lowest BCUT2D eigenvalue weighted by Gasteiger charge is -2.43. The van der Waals surface area contributed by atoms with Crippen LogP contribution in [-0.4, -0.2) is 41.8 Å². The van der Waals surface area contributed by atoms with E-state index in [0.29, 0.717) is 6.54 Å². The van der Waals surface area contributed by atoms with E-state index in [1.165, 1.54) is 11.1 Å². The fraction of sp³-hybridized carbons (Fsp3) is 0.480. The number of carbonyl (C=O) groups excluding carboxylic acids is 1. The van der Waals surface area contributed by atoms with Crippen LogP contribution in [0.5, 0.6) is 0 Å². The molecular formula is C25H35N3O2. The van der Waals surface area contributed by atoms with Gasteiger partial charge in [0.2, 0.25) is 0 Å². The van der Waals surface area contributed by atoms with Crippen LogP contribution in [0.1, 0.15) is 44.7 Å². The predicted octanol–water partition coefficient (Wildman–Crippen LogP) is 4.34. The van der Waals surface area contributed by atoms with E-state index in [1.807, 2.05) is 26.8 Å². The van der Waals surface area contributed by atoms with Gasteiger partial charge in [-0.05, 0) is 44.7 Å². The van der Waals surface area contributed by atoms with E-state index in [0.717, 1.165) is 39.0 Å². The third-order valence-electron chi connectivity index (χ3n) is 5.54. The molecule has 2 aromatic carbocycles. The van der Waals surface area contributed by atoms with Crippen LogP contribution in [-0.2, 0) is 17.8 Å². The van der Waals surface area contributed by atoms with Crippen molar-refractivity contribution in [1.29, 1.82) is 0 Å². The van der Waals surface area contributed by atoms with E-state index in [-0.39, 0.29) is 11.6 Å². The summed E-state index contributed by atoms with van der Waals surface area (Å²) < 4.78 is 5.45. The monoisotopic (exact) mass is 409 g/mol. The normalized spacial score (nSPS) is 16.8. The first-order valence-corrected chi connectivity index (χ1v) is 10.9. The van der Waals surface area contributed by atoms with Gasteiger partial charge in [-0.2, -0.15) is 0 Å². The lowest BCUT2D eigenvalue weighted by Crippen LogP contribution is -2.59. The molecule has 1 heterocycles. The molecule has 1 aliphatic heterocycles. The Kier molecular flexibility index (Phi) is 7.51. The average molecular weight is 410 g/mol. The Morgan fingerprint density at radius 2 is 1.53 bits per heavy atom. The molecule has 0 aliphatic carbocycles. The third kappa shape index (κ3) is 7.15. The number of hydrogen-bond acceptors (Lipinski definition) is 4. The van der Waals surface area contributed by atoms with E-state index in [2.05, 4.69) is 70.1 Å². The highest BCUT2D eigenvalue weighted by Gasteiger charge is 2.35. The van der Waals surface area contributed by atoms with Crippen molar-refractivity contribution >= 4 is 6.09 Å². The number of likely N-dealkylation sites (tertiary alicyclic amines) is 1. The summed E-state index contributed by atoms with van der Waals surface area (Å²) in [7, 11) is 0. The average Bonchev–Trinajstić information content (AvgIpc) is 2.73. The van der Waals surface area contributed by atoms with Gasteiger partial charge in [0.15, 0.2) is 0 Å². The van der Waals surface area contributed by atoms with Gasteiger partial charge in [-0.15, -0.1) is 0 Å². The third-order valence-corrected chi connectivity index (χ3v) is 5.54. The molecule has 0 unspecified atom stereocenters. The maximum Gasteiger partial charge on any atom is 0.407 e. The summed E-state index contributed by atoms with van der Waals surface area (Å²) in [5.74, 6) is 0. The fourth-order valence-corrected chi connectivity index (χ4v) is 3.84. The Morgan fingerprint density at radius 3 is 2.10 bits per heavy atom. The van der Waals surface area contributed by atoms with E-state index < -0.39 is 5.60 Å². The molecule has 5 heteroatoms. The van der Waals surface area contributed by atoms with Gasteiger partial charge in [0.25, 0.3) is 0 Å². The molecule has 2 aromatic rings. The van der Waals surface area contributed by atoms with Crippen molar-refractivity contribution < 1.29 is 9.53 Å². The second-order valence-corrected chi connectivity index (χ2v) is 9.24. The molecule has 0 saturated carbocycles. The number of carbonyl (C=O) groups is 1. The van der Waals surface area contributed by atoms with Gasteiger partial charge in [0.05, 0.1) is 0 Å². The lowest BCUT2D eigenvalue weighted by atomic mass is 9.86. The zero-order valence-electron chi connectivity index (χ0n) is 18.5. The van der Waals surface area contributed by atoms with Crippen molar-refractivity contribution in [3.05, 3.63) is 71.8 Å². The smallest absolute Gasteiger partial charge is 0.407 e. The Labute approximate surface area is 180 Å². The molecule has 162 valence electrons. The van der Waals surface area contributed by atoms with Crippen LogP contribution in [0.15, 0.2) is 60.7 Å². The van der Waals surface area contributed by atoms with Crippen LogP contribution >= 0.6 is 0 Å². The molecule has 5 nitrogen and oxygen atoms in total. The highest BCUT2D eigenvalue weighted by atomic mass is 16.6. The number of hydrogen-bond donors (Lipinski definition) is 2. The first-order chi connectivity index (χ1) is 14.3. The summed E-state index contributed by atoms with van der Waals surface area (Å²) in [6.07, 6.45) is 1.60. The Hall–Kier alpha value is -2.37. The van der Waals surface area contributed by atoms with Crippen molar-refractivity contribution in [2.75, 3.05) is 19.6 Å². The van der Waals surface area contributed by atoms with Gasteiger partial charge in [-0.3, -0.25) is 4.90 Å². The summed E-state index contributed by atoms with van der Waals surface area (Å²) in [6, 6.07) is 21.0. The van der Waals surface area contributed by atoms with Crippen LogP contribution in [0.25, 0.3) is 0 Å². The Bertz CT molecular complexity index is 779. The van der Waals surface area contributed by atoms with Gasteiger partial charge < -0.3 is 15.4 Å². The van der Waals surface area contributed by atoms with E-state index in [4.69, 9.17) is 4.74 Å². The van der Waals surface area contributed by atoms with Crippen molar-refractivity contribution in [2.24, 2.45) is 0 Å². The van der Waals surface area contributed by atoms with Crippen molar-refractivity contribution in [3.63, 3.8) is 0 Å². The maximum atomic E-state index is 12.3. The van der Waals surface area contributed by atoms with Crippen LogP contribution < -0.4 is 10.6 Å². The fourth-order valence-electron chi connectivity index (χ4n) is 3.84. The predicted molar refractivity (Wildman–Crippen MR) is 121 cm³/mol. The quantitative estimate of drug-likeness (QED) is 0.714. The molecule has 1 aliphatic rings. The summed E-state index contributed by atoms with van der Waals surface area (Å²) in [5, 5.41) is 6.77. The van der Waals surface area contributed by atoms with Gasteiger partial charge in [-0.1, -0.05) is 60.7 Å². The summed E-state index contributed by atoms with van der Waals surface area (Å²) in [6.45, 7) is 9.96. The molecule has 1 fully saturated rings. The minimum atomic E-state index is -0.492. The molecule has 1 amide bonds. The highest BCUT2D eigenvalue weighted by molar-refractivity contribution is 5.67. The molecule has 0 atom stereocenters. The number of nitrogens with one attached hydrogen (secondary N) is 2. The first kappa shape index (κ1) is 22.3. The maximum absolute atomic E-state index is 12.3. The number of piperidine rings is 1. The van der Waals surface area contributed by atoms with E-state index in [9.17, 15) is 4.79 Å². The molecular weight excluding hydrogens is 374 g/mol. The summed E-state index contributed by atoms with van der Waals surface area (Å²) >= 11 is 0. The number of rotatable bonds is 7. The lowest BCUT2D eigenvalue weighted by molar-refractivity contribution is 0.0483. The highest BCUT2D eigenvalue weighted by Crippen LogP contribution is 2.24. The Morgan fingerprint density at radius 1 is 0.967 bits per heavy atom. The van der Waals surface area contributed by atoms with Gasteiger partial charge in [0, 0.05) is 38.3 Å². The molecule has 30 heavy (non-hydrogen) atoms. The molecule has 0 spiro atoms. The number of nitrogens with zero attached hydrogens (tertiary/aromatic N) is 1. The van der Waals surface area contributed by atoms with Crippen molar-refractivity contribution in [1.82, 2.24) is 15.5 Å². The Balaban J connectivity index is 1.60. The van der Waals surface area contributed by atoms with Crippen molar-refractivity contribution in [3.8, 4) is 0 Å². The summed E-state index contributed by atoms with van der Waals surface area (Å²) in [4.78, 5) is 14.7. The zero-order valence-corrected chi connectivity index (χ0v) is 18.5. The van der Waals surface area contributed by atoms with Gasteiger partial charge >= 0.3 is 6.09 Å². The molecule has 2 N–H and O–H groups in total. The molecule has 0 aromatic heterocycles. The van der Waals surface area contributed by atoms with Gasteiger partial charge in [0.1, 0.15) is 5.60 Å². The molecule has 0 radical (unpaired) electrons. The van der Waals surface area contributed by atoms with Crippen LogP contribution in [0, 0.1) is 0 Å². The molecule has 0 bridgehead atoms. The van der Waals surface area contributed by atoms with E-state index in [1.54, 1.807) is 0 Å². The van der Waals surface area contributed by atoms with Crippen LogP contribution in [0.4, 0.5) is 4.79 Å². The molecule has 3 rings (SSSR count). The number of ether oxygens (including phenoxy) is 1.